The lowest BCUT2D eigenvalue weighted by Crippen LogP contribution is -2.42. The third kappa shape index (κ3) is 2.82. The minimum Gasteiger partial charge on any atom is -0.368 e. The van der Waals surface area contributed by atoms with Crippen LogP contribution >= 0.6 is 11.3 Å². The first-order chi connectivity index (χ1) is 13.6. The van der Waals surface area contributed by atoms with Crippen molar-refractivity contribution in [2.75, 3.05) is 11.9 Å². The number of nitrogens with one attached hydrogen (secondary N) is 2. The van der Waals surface area contributed by atoms with Gasteiger partial charge in [0.15, 0.2) is 0 Å². The summed E-state index contributed by atoms with van der Waals surface area (Å²) in [6.07, 6.45) is 4.49. The molecule has 3 aromatic heterocycles. The number of halogens is 1. The molecule has 5 rings (SSSR count). The fourth-order valence-corrected chi connectivity index (χ4v) is 4.64. The number of carbonyl (C=O) groups excluding carboxylic acids is 1. The number of nitrogens with zero attached hydrogens (tertiary/aromatic N) is 4. The van der Waals surface area contributed by atoms with Gasteiger partial charge in [0, 0.05) is 18.2 Å². The molecule has 0 aromatic carbocycles. The predicted molar refractivity (Wildman–Crippen MR) is 103 cm³/mol. The molecule has 1 amide bonds. The molecule has 0 bridgehead atoms. The van der Waals surface area contributed by atoms with E-state index in [1.54, 1.807) is 12.3 Å². The molecule has 1 aliphatic carbocycles. The fourth-order valence-electron chi connectivity index (χ4n) is 3.68. The number of hydrogen-bond donors (Lipinski definition) is 2. The highest BCUT2D eigenvalue weighted by molar-refractivity contribution is 7.17. The van der Waals surface area contributed by atoms with E-state index in [0.29, 0.717) is 40.2 Å². The molecule has 2 N–H and O–H groups in total. The Morgan fingerprint density at radius 3 is 2.82 bits per heavy atom. The molecule has 3 aromatic rings. The van der Waals surface area contributed by atoms with Gasteiger partial charge in [-0.25, -0.2) is 9.37 Å². The predicted octanol–water partition coefficient (Wildman–Crippen LogP) is 2.91. The van der Waals surface area contributed by atoms with Crippen LogP contribution < -0.4 is 10.6 Å². The van der Waals surface area contributed by atoms with Crippen LogP contribution in [0.2, 0.25) is 0 Å². The van der Waals surface area contributed by atoms with Gasteiger partial charge >= 0.3 is 0 Å². The topological polar surface area (TPSA) is 92.7 Å². The molecule has 9 heteroatoms. The minimum absolute atomic E-state index is 0.0856. The van der Waals surface area contributed by atoms with E-state index in [2.05, 4.69) is 30.8 Å². The third-order valence-corrected chi connectivity index (χ3v) is 6.50. The zero-order valence-electron chi connectivity index (χ0n) is 14.9. The summed E-state index contributed by atoms with van der Waals surface area (Å²) in [6.45, 7) is 1.02. The van der Waals surface area contributed by atoms with Crippen molar-refractivity contribution in [1.82, 2.24) is 25.5 Å². The van der Waals surface area contributed by atoms with Crippen molar-refractivity contribution in [3.05, 3.63) is 52.5 Å². The van der Waals surface area contributed by atoms with Crippen LogP contribution in [0.1, 0.15) is 40.3 Å². The Morgan fingerprint density at radius 2 is 2.14 bits per heavy atom. The molecule has 0 atom stereocenters. The Hall–Kier alpha value is -2.94. The number of rotatable bonds is 5. The Balaban J connectivity index is 1.31. The van der Waals surface area contributed by atoms with E-state index in [0.717, 1.165) is 25.0 Å². The Morgan fingerprint density at radius 1 is 1.25 bits per heavy atom. The maximum absolute atomic E-state index is 14.2. The maximum Gasteiger partial charge on any atom is 0.263 e. The molecule has 1 fully saturated rings. The molecule has 1 saturated carbocycles. The minimum atomic E-state index is -0.296. The molecule has 4 heterocycles. The largest absolute Gasteiger partial charge is 0.368 e. The number of thiazole rings is 1. The summed E-state index contributed by atoms with van der Waals surface area (Å²) in [5.74, 6) is 0.275. The van der Waals surface area contributed by atoms with Crippen LogP contribution in [0.15, 0.2) is 30.5 Å². The first-order valence-corrected chi connectivity index (χ1v) is 9.93. The summed E-state index contributed by atoms with van der Waals surface area (Å²) in [5.41, 5.74) is 1.62. The van der Waals surface area contributed by atoms with Crippen molar-refractivity contribution in [2.45, 2.75) is 31.2 Å². The zero-order valence-corrected chi connectivity index (χ0v) is 15.7. The number of amides is 1. The lowest BCUT2D eigenvalue weighted by Gasteiger charge is -2.41. The summed E-state index contributed by atoms with van der Waals surface area (Å²) < 4.78 is 14.2. The SMILES string of the molecule is O=C1NCc2nc(-c3ccc(NCC4(c5ncccc5F)CCC4)nn3)sc21. The molecular weight excluding hydrogens is 379 g/mol. The number of pyridine rings is 1. The van der Waals surface area contributed by atoms with Crippen LogP contribution in [0.3, 0.4) is 0 Å². The molecular formula is C19H17FN6OS. The highest BCUT2D eigenvalue weighted by Crippen LogP contribution is 2.43. The molecule has 7 nitrogen and oxygen atoms in total. The smallest absolute Gasteiger partial charge is 0.263 e. The Bertz CT molecular complexity index is 1050. The van der Waals surface area contributed by atoms with E-state index in [9.17, 15) is 9.18 Å². The summed E-state index contributed by atoms with van der Waals surface area (Å²) in [6, 6.07) is 6.73. The summed E-state index contributed by atoms with van der Waals surface area (Å²) >= 11 is 1.32. The number of fused-ring (bicyclic) bond motifs is 1. The molecule has 142 valence electrons. The molecule has 0 radical (unpaired) electrons. The number of aromatic nitrogens is 4. The van der Waals surface area contributed by atoms with Crippen molar-refractivity contribution >= 4 is 23.1 Å². The second-order valence-electron chi connectivity index (χ2n) is 7.10. The lowest BCUT2D eigenvalue weighted by atomic mass is 9.66. The van der Waals surface area contributed by atoms with E-state index in [1.165, 1.54) is 17.4 Å². The summed E-state index contributed by atoms with van der Waals surface area (Å²) in [5, 5.41) is 15.2. The molecule has 2 aliphatic rings. The lowest BCUT2D eigenvalue weighted by molar-refractivity contribution is 0.0969. The molecule has 0 spiro atoms. The van der Waals surface area contributed by atoms with Gasteiger partial charge in [-0.1, -0.05) is 6.42 Å². The molecule has 1 aliphatic heterocycles. The average Bonchev–Trinajstić information content (AvgIpc) is 3.25. The Labute approximate surface area is 164 Å². The van der Waals surface area contributed by atoms with Crippen molar-refractivity contribution in [1.29, 1.82) is 0 Å². The second-order valence-corrected chi connectivity index (χ2v) is 8.10. The second kappa shape index (κ2) is 6.59. The number of hydrogen-bond acceptors (Lipinski definition) is 7. The standard InChI is InChI=1S/C19H17FN6OS/c20-11-3-1-8-21-16(11)19(6-2-7-19)10-23-14-5-4-12(25-26-14)18-24-13-9-22-17(27)15(13)28-18/h1,3-5,8H,2,6-7,9-10H2,(H,22,27)(H,23,26). The average molecular weight is 396 g/mol. The molecule has 0 unspecified atom stereocenters. The highest BCUT2D eigenvalue weighted by atomic mass is 32.1. The van der Waals surface area contributed by atoms with Gasteiger partial charge in [-0.05, 0) is 37.1 Å². The van der Waals surface area contributed by atoms with E-state index < -0.39 is 0 Å². The van der Waals surface area contributed by atoms with Gasteiger partial charge in [-0.2, -0.15) is 0 Å². The first-order valence-electron chi connectivity index (χ1n) is 9.11. The van der Waals surface area contributed by atoms with Gasteiger partial charge in [-0.15, -0.1) is 21.5 Å². The van der Waals surface area contributed by atoms with Crippen molar-refractivity contribution < 1.29 is 9.18 Å². The van der Waals surface area contributed by atoms with E-state index in [4.69, 9.17) is 0 Å². The van der Waals surface area contributed by atoms with Crippen LogP contribution in [0.4, 0.5) is 10.2 Å². The number of carbonyl (C=O) groups is 1. The maximum atomic E-state index is 14.2. The van der Waals surface area contributed by atoms with Crippen LogP contribution in [-0.2, 0) is 12.0 Å². The van der Waals surface area contributed by atoms with Crippen LogP contribution in [-0.4, -0.2) is 32.6 Å². The van der Waals surface area contributed by atoms with Gasteiger partial charge in [0.25, 0.3) is 5.91 Å². The monoisotopic (exact) mass is 396 g/mol. The van der Waals surface area contributed by atoms with Gasteiger partial charge in [0.2, 0.25) is 0 Å². The van der Waals surface area contributed by atoms with Crippen LogP contribution in [0, 0.1) is 5.82 Å². The summed E-state index contributed by atoms with van der Waals surface area (Å²) in [7, 11) is 0. The van der Waals surface area contributed by atoms with E-state index in [1.807, 2.05) is 12.1 Å². The van der Waals surface area contributed by atoms with Gasteiger partial charge in [0.1, 0.15) is 27.2 Å². The van der Waals surface area contributed by atoms with Gasteiger partial charge in [0.05, 0.1) is 17.9 Å². The third-order valence-electron chi connectivity index (χ3n) is 5.38. The molecule has 0 saturated heterocycles. The van der Waals surface area contributed by atoms with Crippen molar-refractivity contribution in [3.63, 3.8) is 0 Å². The van der Waals surface area contributed by atoms with Crippen molar-refractivity contribution in [3.8, 4) is 10.7 Å². The van der Waals surface area contributed by atoms with Gasteiger partial charge < -0.3 is 10.6 Å². The first kappa shape index (κ1) is 17.2. The normalized spacial score (nSPS) is 17.0. The number of anilines is 1. The van der Waals surface area contributed by atoms with Crippen LogP contribution in [0.25, 0.3) is 10.7 Å². The molecule has 28 heavy (non-hydrogen) atoms. The van der Waals surface area contributed by atoms with Crippen molar-refractivity contribution in [2.24, 2.45) is 0 Å². The van der Waals surface area contributed by atoms with Crippen LogP contribution in [0.5, 0.6) is 0 Å². The highest BCUT2D eigenvalue weighted by Gasteiger charge is 2.41. The zero-order chi connectivity index (χ0) is 19.1. The fraction of sp³-hybridized carbons (Fsp3) is 0.316. The van der Waals surface area contributed by atoms with Gasteiger partial charge in [-0.3, -0.25) is 9.78 Å². The van der Waals surface area contributed by atoms with E-state index >= 15 is 0 Å². The van der Waals surface area contributed by atoms with E-state index in [-0.39, 0.29) is 17.1 Å². The Kier molecular flexibility index (Phi) is 4.04. The quantitative estimate of drug-likeness (QED) is 0.689. The summed E-state index contributed by atoms with van der Waals surface area (Å²) in [4.78, 5) is 21.1.